The maximum Gasteiger partial charge on any atom is 0.389 e. The summed E-state index contributed by atoms with van der Waals surface area (Å²) in [4.78, 5) is 11.5. The Bertz CT molecular complexity index is 368. The largest absolute Gasteiger partial charge is 0.497 e. The molecule has 1 aromatic carbocycles. The number of hydrogen-bond acceptors (Lipinski definition) is 2. The van der Waals surface area contributed by atoms with Crippen molar-refractivity contribution in [3.8, 4) is 5.75 Å². The number of carbonyl (C=O) groups excluding carboxylic acids is 1. The number of alkyl halides is 3. The molecular weight excluding hydrogens is 233 g/mol. The van der Waals surface area contributed by atoms with E-state index in [0.29, 0.717) is 11.3 Å². The lowest BCUT2D eigenvalue weighted by molar-refractivity contribution is -0.135. The van der Waals surface area contributed by atoms with Gasteiger partial charge in [0.05, 0.1) is 7.11 Å². The predicted molar refractivity (Wildman–Crippen MR) is 57.2 cm³/mol. The first kappa shape index (κ1) is 13.5. The van der Waals surface area contributed by atoms with Gasteiger partial charge >= 0.3 is 6.18 Å². The van der Waals surface area contributed by atoms with Crippen molar-refractivity contribution in [2.24, 2.45) is 0 Å². The van der Waals surface area contributed by atoms with Crippen molar-refractivity contribution in [1.82, 2.24) is 0 Å². The molecule has 0 spiro atoms. The third kappa shape index (κ3) is 4.89. The zero-order chi connectivity index (χ0) is 12.9. The fourth-order valence-electron chi connectivity index (χ4n) is 1.37. The molecule has 1 aromatic rings. The van der Waals surface area contributed by atoms with E-state index in [1.54, 1.807) is 24.3 Å². The van der Waals surface area contributed by atoms with Crippen LogP contribution in [0.4, 0.5) is 13.2 Å². The molecule has 0 unspecified atom stereocenters. The fraction of sp³-hybridized carbons (Fsp3) is 0.417. The van der Waals surface area contributed by atoms with Crippen LogP contribution in [0, 0.1) is 0 Å². The Labute approximate surface area is 97.4 Å². The first-order valence-corrected chi connectivity index (χ1v) is 5.16. The summed E-state index contributed by atoms with van der Waals surface area (Å²) >= 11 is 0. The van der Waals surface area contributed by atoms with Crippen LogP contribution in [0.1, 0.15) is 29.6 Å². The Kier molecular flexibility index (Phi) is 4.54. The number of ketones is 1. The SMILES string of the molecule is COc1ccc(C(=O)CCCC(F)(F)F)cc1. The van der Waals surface area contributed by atoms with Gasteiger partial charge in [0.2, 0.25) is 0 Å². The molecule has 0 aliphatic heterocycles. The van der Waals surface area contributed by atoms with Gasteiger partial charge < -0.3 is 4.74 Å². The highest BCUT2D eigenvalue weighted by atomic mass is 19.4. The standard InChI is InChI=1S/C12H13F3O2/c1-17-10-6-4-9(5-7-10)11(16)3-2-8-12(13,14)15/h4-7H,2-3,8H2,1H3. The smallest absolute Gasteiger partial charge is 0.389 e. The van der Waals surface area contributed by atoms with Crippen molar-refractivity contribution >= 4 is 5.78 Å². The second-order valence-electron chi connectivity index (χ2n) is 3.62. The monoisotopic (exact) mass is 246 g/mol. The summed E-state index contributed by atoms with van der Waals surface area (Å²) in [6, 6.07) is 6.32. The zero-order valence-corrected chi connectivity index (χ0v) is 9.38. The molecule has 17 heavy (non-hydrogen) atoms. The zero-order valence-electron chi connectivity index (χ0n) is 9.38. The lowest BCUT2D eigenvalue weighted by atomic mass is 10.1. The maximum absolute atomic E-state index is 11.9. The first-order chi connectivity index (χ1) is 7.92. The average Bonchev–Trinajstić information content (AvgIpc) is 2.27. The summed E-state index contributed by atoms with van der Waals surface area (Å²) in [5, 5.41) is 0. The molecule has 0 saturated carbocycles. The molecule has 0 bridgehead atoms. The highest BCUT2D eigenvalue weighted by molar-refractivity contribution is 5.96. The number of methoxy groups -OCH3 is 1. The molecular formula is C12H13F3O2. The van der Waals surface area contributed by atoms with E-state index in [9.17, 15) is 18.0 Å². The van der Waals surface area contributed by atoms with E-state index in [0.717, 1.165) is 0 Å². The molecule has 94 valence electrons. The lowest BCUT2D eigenvalue weighted by Crippen LogP contribution is -2.08. The number of ether oxygens (including phenoxy) is 1. The Morgan fingerprint density at radius 2 is 1.82 bits per heavy atom. The molecule has 2 nitrogen and oxygen atoms in total. The molecule has 0 fully saturated rings. The van der Waals surface area contributed by atoms with Gasteiger partial charge in [-0.3, -0.25) is 4.79 Å². The Balaban J connectivity index is 2.47. The Morgan fingerprint density at radius 3 is 2.29 bits per heavy atom. The van der Waals surface area contributed by atoms with Gasteiger partial charge in [-0.1, -0.05) is 0 Å². The molecule has 0 N–H and O–H groups in total. The van der Waals surface area contributed by atoms with Crippen molar-refractivity contribution in [2.75, 3.05) is 7.11 Å². The number of carbonyl (C=O) groups is 1. The first-order valence-electron chi connectivity index (χ1n) is 5.16. The third-order valence-electron chi connectivity index (χ3n) is 2.28. The minimum absolute atomic E-state index is 0.0914. The summed E-state index contributed by atoms with van der Waals surface area (Å²) in [6.45, 7) is 0. The molecule has 0 aromatic heterocycles. The summed E-state index contributed by atoms with van der Waals surface area (Å²) in [6.07, 6.45) is -5.38. The van der Waals surface area contributed by atoms with Crippen molar-refractivity contribution in [1.29, 1.82) is 0 Å². The molecule has 0 heterocycles. The molecule has 0 amide bonds. The molecule has 0 aliphatic carbocycles. The number of rotatable bonds is 5. The minimum atomic E-state index is -4.19. The Hall–Kier alpha value is -1.52. The summed E-state index contributed by atoms with van der Waals surface area (Å²) in [7, 11) is 1.50. The van der Waals surface area contributed by atoms with E-state index in [2.05, 4.69) is 0 Å². The second-order valence-corrected chi connectivity index (χ2v) is 3.62. The van der Waals surface area contributed by atoms with Crippen LogP contribution in [0.2, 0.25) is 0 Å². The third-order valence-corrected chi connectivity index (χ3v) is 2.28. The van der Waals surface area contributed by atoms with E-state index in [-0.39, 0.29) is 18.6 Å². The van der Waals surface area contributed by atoms with Gasteiger partial charge in [-0.2, -0.15) is 13.2 Å². The number of hydrogen-bond donors (Lipinski definition) is 0. The van der Waals surface area contributed by atoms with Gasteiger partial charge in [-0.25, -0.2) is 0 Å². The van der Waals surface area contributed by atoms with Crippen LogP contribution in [0.15, 0.2) is 24.3 Å². The van der Waals surface area contributed by atoms with Crippen LogP contribution in [0.25, 0.3) is 0 Å². The normalized spacial score (nSPS) is 11.3. The van der Waals surface area contributed by atoms with Crippen LogP contribution in [-0.2, 0) is 0 Å². The number of Topliss-reactive ketones (excluding diaryl/α,β-unsaturated/α-hetero) is 1. The van der Waals surface area contributed by atoms with Crippen molar-refractivity contribution in [3.05, 3.63) is 29.8 Å². The highest BCUT2D eigenvalue weighted by Crippen LogP contribution is 2.23. The topological polar surface area (TPSA) is 26.3 Å². The van der Waals surface area contributed by atoms with Crippen LogP contribution >= 0.6 is 0 Å². The van der Waals surface area contributed by atoms with E-state index in [1.165, 1.54) is 7.11 Å². The maximum atomic E-state index is 11.9. The molecule has 0 aliphatic rings. The van der Waals surface area contributed by atoms with Crippen LogP contribution in [0.3, 0.4) is 0 Å². The van der Waals surface area contributed by atoms with Crippen LogP contribution < -0.4 is 4.74 Å². The second kappa shape index (κ2) is 5.70. The van der Waals surface area contributed by atoms with Gasteiger partial charge in [-0.15, -0.1) is 0 Å². The lowest BCUT2D eigenvalue weighted by Gasteiger charge is -2.05. The molecule has 1 rings (SSSR count). The predicted octanol–water partition coefficient (Wildman–Crippen LogP) is 3.61. The van der Waals surface area contributed by atoms with Gasteiger partial charge in [0.25, 0.3) is 0 Å². The number of benzene rings is 1. The van der Waals surface area contributed by atoms with E-state index < -0.39 is 12.6 Å². The van der Waals surface area contributed by atoms with Gasteiger partial charge in [0.1, 0.15) is 5.75 Å². The van der Waals surface area contributed by atoms with Crippen LogP contribution in [0.5, 0.6) is 5.75 Å². The number of halogens is 3. The summed E-state index contributed by atoms with van der Waals surface area (Å²) in [5.74, 6) is 0.328. The molecule has 0 radical (unpaired) electrons. The molecule has 5 heteroatoms. The molecule has 0 atom stereocenters. The minimum Gasteiger partial charge on any atom is -0.497 e. The van der Waals surface area contributed by atoms with E-state index >= 15 is 0 Å². The summed E-state index contributed by atoms with van der Waals surface area (Å²) in [5.41, 5.74) is 0.410. The van der Waals surface area contributed by atoms with Gasteiger partial charge in [-0.05, 0) is 30.7 Å². The Morgan fingerprint density at radius 1 is 1.24 bits per heavy atom. The average molecular weight is 246 g/mol. The van der Waals surface area contributed by atoms with Crippen molar-refractivity contribution in [3.63, 3.8) is 0 Å². The summed E-state index contributed by atoms with van der Waals surface area (Å²) < 4.78 is 40.6. The van der Waals surface area contributed by atoms with Crippen LogP contribution in [-0.4, -0.2) is 19.1 Å². The van der Waals surface area contributed by atoms with Gasteiger partial charge in [0, 0.05) is 18.4 Å². The van der Waals surface area contributed by atoms with Crippen molar-refractivity contribution in [2.45, 2.75) is 25.4 Å². The van der Waals surface area contributed by atoms with E-state index in [4.69, 9.17) is 4.74 Å². The molecule has 0 saturated heterocycles. The quantitative estimate of drug-likeness (QED) is 0.742. The van der Waals surface area contributed by atoms with Gasteiger partial charge in [0.15, 0.2) is 5.78 Å². The fourth-order valence-corrected chi connectivity index (χ4v) is 1.37. The van der Waals surface area contributed by atoms with E-state index in [1.807, 2.05) is 0 Å². The highest BCUT2D eigenvalue weighted by Gasteiger charge is 2.26. The van der Waals surface area contributed by atoms with Crippen molar-refractivity contribution < 1.29 is 22.7 Å².